The van der Waals surface area contributed by atoms with Crippen LogP contribution in [0.5, 0.6) is 5.75 Å². The van der Waals surface area contributed by atoms with Crippen molar-refractivity contribution in [2.75, 3.05) is 24.2 Å². The zero-order valence-electron chi connectivity index (χ0n) is 21.6. The first kappa shape index (κ1) is 31.1. The van der Waals surface area contributed by atoms with Gasteiger partial charge in [0.15, 0.2) is 0 Å². The summed E-state index contributed by atoms with van der Waals surface area (Å²) in [4.78, 5) is 38.7. The second kappa shape index (κ2) is 13.1. The maximum atomic E-state index is 13.7. The molecule has 2 aromatic carbocycles. The Hall–Kier alpha value is -3.09. The third kappa shape index (κ3) is 7.95. The second-order valence-corrected chi connectivity index (χ2v) is 11.5. The molecule has 0 aliphatic heterocycles. The van der Waals surface area contributed by atoms with Gasteiger partial charge in [-0.3, -0.25) is 24.0 Å². The summed E-state index contributed by atoms with van der Waals surface area (Å²) in [6.07, 6.45) is 1.09. The molecule has 11 nitrogen and oxygen atoms in total. The number of nitrogens with zero attached hydrogens (tertiary/aromatic N) is 3. The van der Waals surface area contributed by atoms with E-state index >= 15 is 0 Å². The smallest absolute Gasteiger partial charge is 0.271 e. The highest BCUT2D eigenvalue weighted by Crippen LogP contribution is 2.34. The quantitative estimate of drug-likeness (QED) is 0.292. The predicted octanol–water partition coefficient (Wildman–Crippen LogP) is 4.01. The van der Waals surface area contributed by atoms with Gasteiger partial charge in [-0.1, -0.05) is 36.2 Å². The van der Waals surface area contributed by atoms with Crippen LogP contribution in [0.1, 0.15) is 32.8 Å². The van der Waals surface area contributed by atoms with Crippen LogP contribution in [0.15, 0.2) is 36.4 Å². The van der Waals surface area contributed by atoms with E-state index in [1.807, 2.05) is 0 Å². The number of nitrogens with one attached hydrogen (secondary N) is 1. The average molecular weight is 589 g/mol. The summed E-state index contributed by atoms with van der Waals surface area (Å²) in [6.45, 7) is 4.44. The number of halogens is 2. The van der Waals surface area contributed by atoms with Gasteiger partial charge in [0.25, 0.3) is 5.69 Å². The van der Waals surface area contributed by atoms with Crippen LogP contribution in [-0.4, -0.2) is 62.0 Å². The normalized spacial score (nSPS) is 12.1. The molecule has 2 rings (SSSR count). The number of hydrogen-bond acceptors (Lipinski definition) is 7. The lowest BCUT2D eigenvalue weighted by molar-refractivity contribution is -0.384. The molecule has 0 aliphatic carbocycles. The molecule has 0 bridgehead atoms. The number of nitro groups is 1. The summed E-state index contributed by atoms with van der Waals surface area (Å²) in [5.41, 5.74) is -0.0218. The van der Waals surface area contributed by atoms with Gasteiger partial charge in [-0.05, 0) is 44.0 Å². The first-order valence-electron chi connectivity index (χ1n) is 11.5. The minimum Gasteiger partial charge on any atom is -0.495 e. The number of carbonyl (C=O) groups excluding carboxylic acids is 2. The fourth-order valence-corrected chi connectivity index (χ4v) is 4.88. The number of amides is 2. The number of ether oxygens (including phenoxy) is 1. The molecule has 38 heavy (non-hydrogen) atoms. The van der Waals surface area contributed by atoms with Crippen molar-refractivity contribution in [3.05, 3.63) is 62.1 Å². The lowest BCUT2D eigenvalue weighted by Crippen LogP contribution is -2.53. The van der Waals surface area contributed by atoms with Gasteiger partial charge in [0.1, 0.15) is 24.0 Å². The van der Waals surface area contributed by atoms with E-state index < -0.39 is 45.0 Å². The Bertz CT molecular complexity index is 1300. The Kier molecular flexibility index (Phi) is 10.7. The number of hydrogen-bond donors (Lipinski definition) is 1. The molecule has 0 fully saturated rings. The summed E-state index contributed by atoms with van der Waals surface area (Å²) < 4.78 is 31.6. The fourth-order valence-electron chi connectivity index (χ4n) is 3.72. The zero-order chi connectivity index (χ0) is 28.8. The Morgan fingerprint density at radius 3 is 2.29 bits per heavy atom. The van der Waals surface area contributed by atoms with Crippen molar-refractivity contribution in [2.24, 2.45) is 0 Å². The van der Waals surface area contributed by atoms with E-state index in [2.05, 4.69) is 5.32 Å². The van der Waals surface area contributed by atoms with Crippen LogP contribution in [0, 0.1) is 10.1 Å². The molecule has 0 aliphatic rings. The fraction of sp³-hybridized carbons (Fsp3) is 0.417. The Labute approximate surface area is 231 Å². The molecule has 2 aromatic rings. The van der Waals surface area contributed by atoms with E-state index in [-0.39, 0.29) is 35.5 Å². The lowest BCUT2D eigenvalue weighted by Gasteiger charge is -2.33. The van der Waals surface area contributed by atoms with Gasteiger partial charge in [0.05, 0.1) is 28.3 Å². The topological polar surface area (TPSA) is 139 Å². The predicted molar refractivity (Wildman–Crippen MR) is 146 cm³/mol. The number of carbonyl (C=O) groups is 2. The number of methoxy groups -OCH3 is 1. The highest BCUT2D eigenvalue weighted by atomic mass is 35.5. The highest BCUT2D eigenvalue weighted by molar-refractivity contribution is 7.92. The number of nitro benzene ring substituents is 1. The van der Waals surface area contributed by atoms with Crippen LogP contribution in [-0.2, 0) is 26.2 Å². The molecule has 0 saturated carbocycles. The summed E-state index contributed by atoms with van der Waals surface area (Å²) in [5, 5.41) is 14.7. The number of benzene rings is 2. The van der Waals surface area contributed by atoms with Crippen LogP contribution < -0.4 is 14.4 Å². The molecule has 0 unspecified atom stereocenters. The largest absolute Gasteiger partial charge is 0.495 e. The van der Waals surface area contributed by atoms with E-state index in [1.54, 1.807) is 39.0 Å². The van der Waals surface area contributed by atoms with Crippen molar-refractivity contribution >= 4 is 56.4 Å². The van der Waals surface area contributed by atoms with Gasteiger partial charge in [-0.2, -0.15) is 0 Å². The molecule has 0 heterocycles. The Morgan fingerprint density at radius 1 is 1.13 bits per heavy atom. The standard InChI is InChI=1S/C24H30Cl2N4O7S/c1-6-20(24(32)27-15(2)3)28(13-16-7-9-18(25)19(26)11-16)23(31)14-29(38(5,35)36)21-12-17(30(33)34)8-10-22(21)37-4/h7-12,15,20H,6,13-14H2,1-5H3,(H,27,32)/t20-/m0/s1. The maximum Gasteiger partial charge on any atom is 0.271 e. The summed E-state index contributed by atoms with van der Waals surface area (Å²) in [5.74, 6) is -1.13. The summed E-state index contributed by atoms with van der Waals surface area (Å²) in [6, 6.07) is 6.99. The third-order valence-electron chi connectivity index (χ3n) is 5.47. The average Bonchev–Trinajstić information content (AvgIpc) is 2.82. The van der Waals surface area contributed by atoms with Gasteiger partial charge >= 0.3 is 0 Å². The first-order valence-corrected chi connectivity index (χ1v) is 14.1. The van der Waals surface area contributed by atoms with E-state index in [9.17, 15) is 28.1 Å². The monoisotopic (exact) mass is 588 g/mol. The molecule has 14 heteroatoms. The van der Waals surface area contributed by atoms with Crippen molar-refractivity contribution in [2.45, 2.75) is 45.8 Å². The number of anilines is 1. The van der Waals surface area contributed by atoms with E-state index in [0.29, 0.717) is 10.6 Å². The van der Waals surface area contributed by atoms with Crippen molar-refractivity contribution in [1.29, 1.82) is 0 Å². The van der Waals surface area contributed by atoms with Gasteiger partial charge in [0, 0.05) is 24.7 Å². The first-order chi connectivity index (χ1) is 17.7. The van der Waals surface area contributed by atoms with Crippen LogP contribution in [0.2, 0.25) is 10.0 Å². The van der Waals surface area contributed by atoms with Gasteiger partial charge < -0.3 is 15.0 Å². The number of rotatable bonds is 12. The van der Waals surface area contributed by atoms with Gasteiger partial charge in [-0.25, -0.2) is 8.42 Å². The van der Waals surface area contributed by atoms with Crippen molar-refractivity contribution < 1.29 is 27.7 Å². The molecule has 0 aromatic heterocycles. The van der Waals surface area contributed by atoms with Gasteiger partial charge in [-0.15, -0.1) is 0 Å². The summed E-state index contributed by atoms with van der Waals surface area (Å²) >= 11 is 12.2. The van der Waals surface area contributed by atoms with Crippen LogP contribution in [0.4, 0.5) is 11.4 Å². The molecule has 1 atom stereocenters. The number of non-ortho nitro benzene ring substituents is 1. The number of sulfonamides is 1. The molecule has 0 saturated heterocycles. The van der Waals surface area contributed by atoms with Crippen molar-refractivity contribution in [1.82, 2.24) is 10.2 Å². The second-order valence-electron chi connectivity index (χ2n) is 8.74. The molecule has 2 amide bonds. The third-order valence-corrected chi connectivity index (χ3v) is 7.34. The molecule has 208 valence electrons. The van der Waals surface area contributed by atoms with E-state index in [4.69, 9.17) is 27.9 Å². The molecular formula is C24H30Cl2N4O7S. The summed E-state index contributed by atoms with van der Waals surface area (Å²) in [7, 11) is -2.86. The van der Waals surface area contributed by atoms with E-state index in [0.717, 1.165) is 22.7 Å². The lowest BCUT2D eigenvalue weighted by atomic mass is 10.1. The van der Waals surface area contributed by atoms with Crippen LogP contribution >= 0.6 is 23.2 Å². The van der Waals surface area contributed by atoms with Crippen LogP contribution in [0.3, 0.4) is 0 Å². The minimum atomic E-state index is -4.13. The molecule has 0 spiro atoms. The minimum absolute atomic E-state index is 0.00875. The highest BCUT2D eigenvalue weighted by Gasteiger charge is 2.33. The van der Waals surface area contributed by atoms with Crippen molar-refractivity contribution in [3.63, 3.8) is 0 Å². The zero-order valence-corrected chi connectivity index (χ0v) is 23.9. The Morgan fingerprint density at radius 2 is 1.79 bits per heavy atom. The van der Waals surface area contributed by atoms with Crippen molar-refractivity contribution in [3.8, 4) is 5.75 Å². The molecule has 0 radical (unpaired) electrons. The van der Waals surface area contributed by atoms with Crippen LogP contribution in [0.25, 0.3) is 0 Å². The SMILES string of the molecule is CC[C@@H](C(=O)NC(C)C)N(Cc1ccc(Cl)c(Cl)c1)C(=O)CN(c1cc([N+](=O)[O-])ccc1OC)S(C)(=O)=O. The molecular weight excluding hydrogens is 559 g/mol. The van der Waals surface area contributed by atoms with Gasteiger partial charge in [0.2, 0.25) is 21.8 Å². The maximum absolute atomic E-state index is 13.7. The Balaban J connectivity index is 2.59. The molecule has 1 N–H and O–H groups in total. The van der Waals surface area contributed by atoms with E-state index in [1.165, 1.54) is 18.1 Å².